The third-order valence-electron chi connectivity index (χ3n) is 3.94. The molecule has 2 aromatic carbocycles. The normalized spacial score (nSPS) is 10.5. The Morgan fingerprint density at radius 3 is 2.03 bits per heavy atom. The average molecular weight is 577 g/mol. The number of benzene rings is 2. The second-order valence-corrected chi connectivity index (χ2v) is 9.28. The molecule has 0 saturated heterocycles. The van der Waals surface area contributed by atoms with Crippen molar-refractivity contribution in [3.8, 4) is 22.6 Å². The number of hydrogen-bond donors (Lipinski definition) is 5. The van der Waals surface area contributed by atoms with Crippen LogP contribution in [0.1, 0.15) is 26.2 Å². The first-order chi connectivity index (χ1) is 15.8. The molecule has 0 saturated carbocycles. The third kappa shape index (κ3) is 11.1. The number of halogens is 1. The molecule has 0 aliphatic carbocycles. The zero-order valence-corrected chi connectivity index (χ0v) is 21.6. The summed E-state index contributed by atoms with van der Waals surface area (Å²) in [4.78, 5) is 4.52. The molecule has 3 aromatic rings. The molecule has 0 fully saturated rings. The third-order valence-corrected chi connectivity index (χ3v) is 5.16. The number of nitrogens with two attached hydrogens (primary N) is 3. The number of aliphatic hydroxyl groups is 2. The van der Waals surface area contributed by atoms with E-state index in [-0.39, 0.29) is 23.7 Å². The maximum Gasteiger partial charge on any atom is 0.251 e. The molecule has 1 atom stereocenters. The van der Waals surface area contributed by atoms with E-state index >= 15 is 0 Å². The fourth-order valence-electron chi connectivity index (χ4n) is 2.52. The van der Waals surface area contributed by atoms with E-state index in [4.69, 9.17) is 31.4 Å². The van der Waals surface area contributed by atoms with Gasteiger partial charge in [0.05, 0.1) is 10.8 Å². The summed E-state index contributed by atoms with van der Waals surface area (Å²) in [5.41, 5.74) is 10.3. The Bertz CT molecular complexity index is 1250. The first kappa shape index (κ1) is 35.1. The molecule has 10 nitrogen and oxygen atoms in total. The van der Waals surface area contributed by atoms with Gasteiger partial charge in [-0.1, -0.05) is 50.2 Å². The van der Waals surface area contributed by atoms with Crippen molar-refractivity contribution in [3.63, 3.8) is 0 Å². The summed E-state index contributed by atoms with van der Waals surface area (Å²) in [7, 11) is -3.93. The average Bonchev–Trinajstić information content (AvgIpc) is 3.17. The lowest BCUT2D eigenvalue weighted by Crippen LogP contribution is -2.13. The highest BCUT2D eigenvalue weighted by Crippen LogP contribution is 2.37. The van der Waals surface area contributed by atoms with Crippen LogP contribution < -0.4 is 16.6 Å². The van der Waals surface area contributed by atoms with Crippen LogP contribution in [0.2, 0.25) is 5.02 Å². The number of aromatic nitrogens is 1. The first-order valence-electron chi connectivity index (χ1n) is 9.26. The molecule has 198 valence electrons. The molecular formula is C22H29ClN4O6S3. The minimum atomic E-state index is -3.93. The number of nitrogens with zero attached hydrogens (tertiary/aromatic N) is 1. The molecule has 1 heterocycles. The van der Waals surface area contributed by atoms with Gasteiger partial charge in [0.2, 0.25) is 15.9 Å². The molecule has 1 aromatic heterocycles. The minimum Gasteiger partial charge on any atom is -0.487 e. The number of allylic oxidation sites excluding steroid dienone is 1. The van der Waals surface area contributed by atoms with Crippen molar-refractivity contribution in [1.82, 2.24) is 4.98 Å². The Kier molecular flexibility index (Phi) is 15.4. The largest absolute Gasteiger partial charge is 0.487 e. The van der Waals surface area contributed by atoms with Crippen LogP contribution in [0.25, 0.3) is 22.6 Å². The number of rotatable bonds is 5. The predicted molar refractivity (Wildman–Crippen MR) is 152 cm³/mol. The summed E-state index contributed by atoms with van der Waals surface area (Å²) in [6.07, 6.45) is 1.70. The van der Waals surface area contributed by atoms with Gasteiger partial charge in [0.1, 0.15) is 5.69 Å². The van der Waals surface area contributed by atoms with Gasteiger partial charge in [0.15, 0.2) is 5.76 Å². The van der Waals surface area contributed by atoms with Crippen LogP contribution in [-0.4, -0.2) is 39.4 Å². The molecule has 14 heteroatoms. The van der Waals surface area contributed by atoms with E-state index in [1.807, 2.05) is 6.92 Å². The summed E-state index contributed by atoms with van der Waals surface area (Å²) in [6, 6.07) is 13.5. The fourth-order valence-corrected chi connectivity index (χ4v) is 3.39. The standard InChI is InChI=1S/C19H17ClN2O3S.2CH3NOS.CH4.H2O/c1-3-12(2)19-22-17(15-6-4-5-7-16(15)26(21,23)24)18(25-19)13-8-10-14(20)11-9-13;2*2-1(3)4;;/h3-12H,1H2,2H3,(H2,21,23,24);2*(H3,2,3,4);1H4;1H2. The van der Waals surface area contributed by atoms with Crippen molar-refractivity contribution >= 4 is 56.4 Å². The SMILES string of the molecule is C.C=CC(C)c1nc(-c2ccccc2S(N)(=O)=O)c(-c2ccc(Cl)cc2)o1.NC(O)=S.NC(O)=S.O. The lowest BCUT2D eigenvalue weighted by atomic mass is 10.1. The van der Waals surface area contributed by atoms with Crippen molar-refractivity contribution in [2.45, 2.75) is 25.2 Å². The lowest BCUT2D eigenvalue weighted by Gasteiger charge is -2.07. The van der Waals surface area contributed by atoms with Gasteiger partial charge >= 0.3 is 0 Å². The molecule has 36 heavy (non-hydrogen) atoms. The number of aliphatic hydroxyl groups excluding tert-OH is 2. The second-order valence-electron chi connectivity index (χ2n) is 6.48. The van der Waals surface area contributed by atoms with Crippen molar-refractivity contribution < 1.29 is 28.5 Å². The van der Waals surface area contributed by atoms with Gasteiger partial charge in [-0.05, 0) is 54.8 Å². The molecule has 0 amide bonds. The molecule has 0 aliphatic heterocycles. The zero-order chi connectivity index (χ0) is 26.1. The number of hydrogen-bond acceptors (Lipinski definition) is 6. The van der Waals surface area contributed by atoms with E-state index in [0.29, 0.717) is 27.9 Å². The summed E-state index contributed by atoms with van der Waals surface area (Å²) < 4.78 is 30.0. The molecule has 10 N–H and O–H groups in total. The van der Waals surface area contributed by atoms with Crippen LogP contribution in [0.15, 0.2) is 70.5 Å². The smallest absolute Gasteiger partial charge is 0.251 e. The predicted octanol–water partition coefficient (Wildman–Crippen LogP) is 3.99. The van der Waals surface area contributed by atoms with E-state index in [2.05, 4.69) is 47.5 Å². The quantitative estimate of drug-likeness (QED) is 0.217. The van der Waals surface area contributed by atoms with E-state index in [9.17, 15) is 8.42 Å². The molecule has 0 bridgehead atoms. The Hall–Kier alpha value is -3.07. The molecule has 1 unspecified atom stereocenters. The van der Waals surface area contributed by atoms with E-state index in [1.54, 1.807) is 48.5 Å². The topological polar surface area (TPSA) is 210 Å². The summed E-state index contributed by atoms with van der Waals surface area (Å²) in [5.74, 6) is 0.738. The van der Waals surface area contributed by atoms with E-state index in [0.717, 1.165) is 5.56 Å². The highest BCUT2D eigenvalue weighted by molar-refractivity contribution is 7.89. The highest BCUT2D eigenvalue weighted by Gasteiger charge is 2.24. The van der Waals surface area contributed by atoms with Crippen LogP contribution >= 0.6 is 36.0 Å². The number of thiocarbonyl (C=S) groups is 2. The first-order valence-corrected chi connectivity index (χ1v) is 12.0. The highest BCUT2D eigenvalue weighted by atomic mass is 35.5. The van der Waals surface area contributed by atoms with Crippen LogP contribution in [0, 0.1) is 0 Å². The van der Waals surface area contributed by atoms with Gasteiger partial charge in [-0.3, -0.25) is 0 Å². The molecule has 0 spiro atoms. The molecule has 0 radical (unpaired) electrons. The Labute approximate surface area is 225 Å². The van der Waals surface area contributed by atoms with E-state index < -0.39 is 20.4 Å². The molecule has 0 aliphatic rings. The Balaban J connectivity index is 0. The van der Waals surface area contributed by atoms with Crippen molar-refractivity contribution in [1.29, 1.82) is 0 Å². The van der Waals surface area contributed by atoms with Crippen LogP contribution in [0.5, 0.6) is 0 Å². The van der Waals surface area contributed by atoms with Crippen molar-refractivity contribution in [2.75, 3.05) is 0 Å². The second kappa shape index (κ2) is 15.8. The van der Waals surface area contributed by atoms with Gasteiger partial charge < -0.3 is 31.6 Å². The minimum absolute atomic E-state index is 0. The zero-order valence-electron chi connectivity index (χ0n) is 18.4. The van der Waals surface area contributed by atoms with Gasteiger partial charge in [-0.15, -0.1) is 6.58 Å². The van der Waals surface area contributed by atoms with Crippen molar-refractivity contribution in [3.05, 3.63) is 72.1 Å². The maximum atomic E-state index is 12.0. The molecule has 3 rings (SSSR count). The van der Waals surface area contributed by atoms with E-state index in [1.165, 1.54) is 6.07 Å². The summed E-state index contributed by atoms with van der Waals surface area (Å²) >= 11 is 13.7. The van der Waals surface area contributed by atoms with Gasteiger partial charge in [0.25, 0.3) is 10.3 Å². The van der Waals surface area contributed by atoms with Crippen LogP contribution in [0.4, 0.5) is 0 Å². The summed E-state index contributed by atoms with van der Waals surface area (Å²) in [6.45, 7) is 5.65. The lowest BCUT2D eigenvalue weighted by molar-refractivity contribution is 0.495. The summed E-state index contributed by atoms with van der Waals surface area (Å²) in [5, 5.41) is 20.1. The molecular weight excluding hydrogens is 548 g/mol. The maximum absolute atomic E-state index is 12.0. The Morgan fingerprint density at radius 2 is 1.58 bits per heavy atom. The number of sulfonamides is 1. The van der Waals surface area contributed by atoms with Gasteiger partial charge in [-0.2, -0.15) is 0 Å². The van der Waals surface area contributed by atoms with Crippen LogP contribution in [-0.2, 0) is 10.0 Å². The van der Waals surface area contributed by atoms with Crippen molar-refractivity contribution in [2.24, 2.45) is 16.6 Å². The van der Waals surface area contributed by atoms with Gasteiger partial charge in [0, 0.05) is 16.1 Å². The van der Waals surface area contributed by atoms with Crippen LogP contribution in [0.3, 0.4) is 0 Å². The fraction of sp³-hybridized carbons (Fsp3) is 0.136. The number of primary sulfonamides is 1. The Morgan fingerprint density at radius 1 is 1.11 bits per heavy atom. The monoisotopic (exact) mass is 576 g/mol. The van der Waals surface area contributed by atoms with Gasteiger partial charge in [-0.25, -0.2) is 18.5 Å². The number of oxazole rings is 1.